The summed E-state index contributed by atoms with van der Waals surface area (Å²) >= 11 is 0. The van der Waals surface area contributed by atoms with Crippen LogP contribution in [0.5, 0.6) is 0 Å². The van der Waals surface area contributed by atoms with E-state index in [1.54, 1.807) is 13.1 Å². The van der Waals surface area contributed by atoms with Crippen LogP contribution in [0.1, 0.15) is 24.5 Å². The Kier molecular flexibility index (Phi) is 5.16. The Labute approximate surface area is 164 Å². The molecule has 1 N–H and O–H groups in total. The summed E-state index contributed by atoms with van der Waals surface area (Å²) in [6.07, 6.45) is 1.03. The van der Waals surface area contributed by atoms with Crippen LogP contribution in [0.25, 0.3) is 11.3 Å². The Balaban J connectivity index is 1.50. The third-order valence-corrected chi connectivity index (χ3v) is 4.83. The van der Waals surface area contributed by atoms with E-state index in [4.69, 9.17) is 4.98 Å². The fourth-order valence-electron chi connectivity index (χ4n) is 3.33. The third kappa shape index (κ3) is 3.94. The first kappa shape index (κ1) is 18.3. The van der Waals surface area contributed by atoms with Crippen molar-refractivity contribution in [2.45, 2.75) is 20.0 Å². The summed E-state index contributed by atoms with van der Waals surface area (Å²) in [5, 5.41) is 9.71. The van der Waals surface area contributed by atoms with Crippen molar-refractivity contribution in [3.8, 4) is 11.3 Å². The van der Waals surface area contributed by atoms with Gasteiger partial charge in [-0.1, -0.05) is 30.3 Å². The van der Waals surface area contributed by atoms with Gasteiger partial charge in [0, 0.05) is 43.6 Å². The van der Waals surface area contributed by atoms with Crippen molar-refractivity contribution in [3.05, 3.63) is 60.2 Å². The average Bonchev–Trinajstić information content (AvgIpc) is 2.74. The highest BCUT2D eigenvalue weighted by Crippen LogP contribution is 2.22. The van der Waals surface area contributed by atoms with Gasteiger partial charge in [0.05, 0.1) is 5.69 Å². The fourth-order valence-corrected chi connectivity index (χ4v) is 3.33. The molecule has 0 aliphatic carbocycles. The molecule has 0 bridgehead atoms. The molecular weight excluding hydrogens is 352 g/mol. The molecule has 0 unspecified atom stereocenters. The second-order valence-electron chi connectivity index (χ2n) is 6.98. The molecule has 7 heteroatoms. The lowest BCUT2D eigenvalue weighted by atomic mass is 10.1. The van der Waals surface area contributed by atoms with Crippen LogP contribution in [-0.2, 0) is 0 Å². The number of nitrogens with zero attached hydrogens (tertiary/aromatic N) is 6. The van der Waals surface area contributed by atoms with E-state index < -0.39 is 6.10 Å². The fraction of sp³-hybridized carbons (Fsp3) is 0.333. The molecule has 3 aromatic rings. The number of aromatic nitrogens is 4. The predicted molar refractivity (Wildman–Crippen MR) is 109 cm³/mol. The molecule has 144 valence electrons. The van der Waals surface area contributed by atoms with Gasteiger partial charge in [-0.05, 0) is 26.0 Å². The zero-order chi connectivity index (χ0) is 19.5. The van der Waals surface area contributed by atoms with Crippen molar-refractivity contribution < 1.29 is 5.11 Å². The number of anilines is 2. The van der Waals surface area contributed by atoms with Crippen LogP contribution in [0.4, 0.5) is 11.8 Å². The summed E-state index contributed by atoms with van der Waals surface area (Å²) in [4.78, 5) is 22.5. The molecule has 1 fully saturated rings. The number of hydrogen-bond donors (Lipinski definition) is 1. The maximum absolute atomic E-state index is 9.71. The number of aliphatic hydroxyl groups is 1. The van der Waals surface area contributed by atoms with Gasteiger partial charge in [-0.2, -0.15) is 0 Å². The molecule has 0 saturated carbocycles. The van der Waals surface area contributed by atoms with Crippen molar-refractivity contribution in [1.29, 1.82) is 0 Å². The summed E-state index contributed by atoms with van der Waals surface area (Å²) in [6.45, 7) is 6.93. The minimum absolute atomic E-state index is 0.453. The molecule has 0 radical (unpaired) electrons. The molecule has 1 saturated heterocycles. The molecule has 3 heterocycles. The highest BCUT2D eigenvalue weighted by Gasteiger charge is 2.21. The number of piperazine rings is 1. The Hall–Kier alpha value is -3.06. The number of aliphatic hydroxyl groups excluding tert-OH is 1. The normalized spacial score (nSPS) is 15.5. The Morgan fingerprint density at radius 1 is 0.929 bits per heavy atom. The molecule has 2 aromatic heterocycles. The van der Waals surface area contributed by atoms with Gasteiger partial charge < -0.3 is 14.9 Å². The maximum atomic E-state index is 9.71. The SMILES string of the molecule is Cc1cc(-c2ccccc2)nc(N2CCN(c3ccnc([C@@H](C)O)n3)CC2)n1. The topological polar surface area (TPSA) is 78.3 Å². The zero-order valence-corrected chi connectivity index (χ0v) is 16.2. The molecule has 1 aliphatic rings. The minimum Gasteiger partial charge on any atom is -0.385 e. The summed E-state index contributed by atoms with van der Waals surface area (Å²) in [5.74, 6) is 2.07. The lowest BCUT2D eigenvalue weighted by Gasteiger charge is -2.35. The molecule has 1 aromatic carbocycles. The van der Waals surface area contributed by atoms with Gasteiger partial charge in [0.1, 0.15) is 11.9 Å². The first-order chi connectivity index (χ1) is 13.6. The van der Waals surface area contributed by atoms with Gasteiger partial charge in [0.15, 0.2) is 5.82 Å². The number of aryl methyl sites for hydroxylation is 1. The average molecular weight is 376 g/mol. The second-order valence-corrected chi connectivity index (χ2v) is 6.98. The lowest BCUT2D eigenvalue weighted by molar-refractivity contribution is 0.189. The van der Waals surface area contributed by atoms with Crippen molar-refractivity contribution in [2.24, 2.45) is 0 Å². The van der Waals surface area contributed by atoms with Gasteiger partial charge >= 0.3 is 0 Å². The number of benzene rings is 1. The molecule has 0 amide bonds. The van der Waals surface area contributed by atoms with E-state index >= 15 is 0 Å². The summed E-state index contributed by atoms with van der Waals surface area (Å²) in [5.41, 5.74) is 3.01. The van der Waals surface area contributed by atoms with E-state index in [0.717, 1.165) is 54.9 Å². The van der Waals surface area contributed by atoms with E-state index in [9.17, 15) is 5.11 Å². The van der Waals surface area contributed by atoms with Gasteiger partial charge in [0.25, 0.3) is 0 Å². The Morgan fingerprint density at radius 2 is 1.64 bits per heavy atom. The quantitative estimate of drug-likeness (QED) is 0.750. The van der Waals surface area contributed by atoms with Gasteiger partial charge in [-0.25, -0.2) is 19.9 Å². The molecule has 7 nitrogen and oxygen atoms in total. The van der Waals surface area contributed by atoms with Crippen molar-refractivity contribution in [2.75, 3.05) is 36.0 Å². The molecule has 4 rings (SSSR count). The van der Waals surface area contributed by atoms with Crippen molar-refractivity contribution >= 4 is 11.8 Å². The standard InChI is InChI=1S/C21H24N6O/c1-15-14-18(17-6-4-3-5-7-17)24-21(23-15)27-12-10-26(11-13-27)19-8-9-22-20(25-19)16(2)28/h3-9,14,16,28H,10-13H2,1-2H3/t16-/m1/s1. The zero-order valence-electron chi connectivity index (χ0n) is 16.2. The first-order valence-corrected chi connectivity index (χ1v) is 9.52. The van der Waals surface area contributed by atoms with E-state index in [1.807, 2.05) is 37.3 Å². The van der Waals surface area contributed by atoms with Crippen LogP contribution in [0.15, 0.2) is 48.7 Å². The van der Waals surface area contributed by atoms with Gasteiger partial charge in [-0.3, -0.25) is 0 Å². The molecule has 28 heavy (non-hydrogen) atoms. The van der Waals surface area contributed by atoms with Crippen LogP contribution in [0.3, 0.4) is 0 Å². The van der Waals surface area contributed by atoms with Gasteiger partial charge in [-0.15, -0.1) is 0 Å². The molecule has 1 atom stereocenters. The summed E-state index contributed by atoms with van der Waals surface area (Å²) in [7, 11) is 0. The lowest BCUT2D eigenvalue weighted by Crippen LogP contribution is -2.47. The van der Waals surface area contributed by atoms with E-state index in [1.165, 1.54) is 0 Å². The monoisotopic (exact) mass is 376 g/mol. The predicted octanol–water partition coefficient (Wildman–Crippen LogP) is 2.62. The molecular formula is C21H24N6O. The summed E-state index contributed by atoms with van der Waals surface area (Å²) < 4.78 is 0. The van der Waals surface area contributed by atoms with E-state index in [-0.39, 0.29) is 0 Å². The van der Waals surface area contributed by atoms with E-state index in [0.29, 0.717) is 5.82 Å². The van der Waals surface area contributed by atoms with E-state index in [2.05, 4.69) is 36.9 Å². The van der Waals surface area contributed by atoms with Crippen LogP contribution >= 0.6 is 0 Å². The smallest absolute Gasteiger partial charge is 0.226 e. The van der Waals surface area contributed by atoms with Gasteiger partial charge in [0.2, 0.25) is 5.95 Å². The van der Waals surface area contributed by atoms with Crippen LogP contribution < -0.4 is 9.80 Å². The molecule has 1 aliphatic heterocycles. The number of hydrogen-bond acceptors (Lipinski definition) is 7. The first-order valence-electron chi connectivity index (χ1n) is 9.52. The highest BCUT2D eigenvalue weighted by atomic mass is 16.3. The van der Waals surface area contributed by atoms with Crippen LogP contribution in [0, 0.1) is 6.92 Å². The Morgan fingerprint density at radius 3 is 2.36 bits per heavy atom. The maximum Gasteiger partial charge on any atom is 0.226 e. The largest absolute Gasteiger partial charge is 0.385 e. The van der Waals surface area contributed by atoms with Crippen molar-refractivity contribution in [3.63, 3.8) is 0 Å². The number of rotatable bonds is 4. The molecule has 0 spiro atoms. The summed E-state index contributed by atoms with van der Waals surface area (Å²) in [6, 6.07) is 14.1. The minimum atomic E-state index is -0.668. The highest BCUT2D eigenvalue weighted by molar-refractivity contribution is 5.61. The van der Waals surface area contributed by atoms with Crippen molar-refractivity contribution in [1.82, 2.24) is 19.9 Å². The second kappa shape index (κ2) is 7.90. The Bertz CT molecular complexity index is 939. The van der Waals surface area contributed by atoms with Crippen LogP contribution in [0.2, 0.25) is 0 Å². The third-order valence-electron chi connectivity index (χ3n) is 4.83. The van der Waals surface area contributed by atoms with Crippen LogP contribution in [-0.4, -0.2) is 51.2 Å².